The first-order chi connectivity index (χ1) is 12.6. The van der Waals surface area contributed by atoms with Crippen molar-refractivity contribution in [1.82, 2.24) is 0 Å². The molecule has 0 aliphatic carbocycles. The van der Waals surface area contributed by atoms with E-state index in [0.29, 0.717) is 16.8 Å². The fraction of sp³-hybridized carbons (Fsp3) is 0.0952. The van der Waals surface area contributed by atoms with Crippen LogP contribution in [0.25, 0.3) is 0 Å². The zero-order valence-corrected chi connectivity index (χ0v) is 14.0. The van der Waals surface area contributed by atoms with Crippen LogP contribution in [0.4, 0.5) is 5.69 Å². The topological polar surface area (TPSA) is 89.8 Å². The molecule has 5 heteroatoms. The SMILES string of the molecule is O=CC(c1ccccc1)c1cc(NCc2cc(O)ccc2O)ccc1O. The van der Waals surface area contributed by atoms with Crippen molar-refractivity contribution in [2.24, 2.45) is 0 Å². The molecule has 0 bridgehead atoms. The predicted molar refractivity (Wildman–Crippen MR) is 99.6 cm³/mol. The van der Waals surface area contributed by atoms with E-state index in [1.165, 1.54) is 24.3 Å². The summed E-state index contributed by atoms with van der Waals surface area (Å²) in [6.45, 7) is 0.279. The Kier molecular flexibility index (Phi) is 5.08. The van der Waals surface area contributed by atoms with Gasteiger partial charge in [-0.2, -0.15) is 0 Å². The van der Waals surface area contributed by atoms with Crippen LogP contribution in [-0.4, -0.2) is 21.6 Å². The molecule has 5 nitrogen and oxygen atoms in total. The third kappa shape index (κ3) is 3.78. The van der Waals surface area contributed by atoms with E-state index in [2.05, 4.69) is 5.32 Å². The van der Waals surface area contributed by atoms with Crippen LogP contribution in [0.15, 0.2) is 66.7 Å². The Labute approximate surface area is 151 Å². The van der Waals surface area contributed by atoms with E-state index < -0.39 is 5.92 Å². The van der Waals surface area contributed by atoms with Gasteiger partial charge in [0.2, 0.25) is 0 Å². The number of aldehydes is 1. The lowest BCUT2D eigenvalue weighted by molar-refractivity contribution is -0.108. The van der Waals surface area contributed by atoms with Crippen molar-refractivity contribution in [3.05, 3.63) is 83.4 Å². The van der Waals surface area contributed by atoms with E-state index in [0.717, 1.165) is 11.8 Å². The maximum atomic E-state index is 11.6. The standard InChI is InChI=1S/C21H19NO4/c23-13-19(14-4-2-1-3-5-14)18-11-16(6-8-21(18)26)22-12-15-10-17(24)7-9-20(15)25/h1-11,13,19,22,24-26H,12H2. The molecule has 0 amide bonds. The highest BCUT2D eigenvalue weighted by atomic mass is 16.3. The van der Waals surface area contributed by atoms with Gasteiger partial charge < -0.3 is 25.4 Å². The van der Waals surface area contributed by atoms with Gasteiger partial charge in [-0.3, -0.25) is 0 Å². The highest BCUT2D eigenvalue weighted by molar-refractivity contribution is 5.71. The minimum Gasteiger partial charge on any atom is -0.508 e. The van der Waals surface area contributed by atoms with Gasteiger partial charge in [0.05, 0.1) is 5.92 Å². The second-order valence-electron chi connectivity index (χ2n) is 5.96. The molecule has 0 heterocycles. The first kappa shape index (κ1) is 17.4. The molecule has 0 aromatic heterocycles. The third-order valence-electron chi connectivity index (χ3n) is 4.20. The zero-order chi connectivity index (χ0) is 18.5. The molecular formula is C21H19NO4. The highest BCUT2D eigenvalue weighted by Gasteiger charge is 2.17. The van der Waals surface area contributed by atoms with E-state index >= 15 is 0 Å². The van der Waals surface area contributed by atoms with Gasteiger partial charge in [-0.25, -0.2) is 0 Å². The molecule has 3 aromatic rings. The van der Waals surface area contributed by atoms with Crippen LogP contribution in [0, 0.1) is 0 Å². The summed E-state index contributed by atoms with van der Waals surface area (Å²) in [5, 5.41) is 32.7. The van der Waals surface area contributed by atoms with E-state index in [9.17, 15) is 20.1 Å². The van der Waals surface area contributed by atoms with E-state index in [-0.39, 0.29) is 23.8 Å². The Balaban J connectivity index is 1.85. The normalized spacial score (nSPS) is 11.7. The van der Waals surface area contributed by atoms with E-state index in [4.69, 9.17) is 0 Å². The van der Waals surface area contributed by atoms with Crippen LogP contribution < -0.4 is 5.32 Å². The lowest BCUT2D eigenvalue weighted by atomic mass is 9.91. The summed E-state index contributed by atoms with van der Waals surface area (Å²) in [4.78, 5) is 11.6. The Morgan fingerprint density at radius 1 is 0.885 bits per heavy atom. The molecule has 132 valence electrons. The zero-order valence-electron chi connectivity index (χ0n) is 14.0. The number of anilines is 1. The number of phenols is 3. The van der Waals surface area contributed by atoms with Crippen LogP contribution in [0.2, 0.25) is 0 Å². The molecule has 0 aliphatic rings. The average Bonchev–Trinajstić information content (AvgIpc) is 2.66. The summed E-state index contributed by atoms with van der Waals surface area (Å²) in [5.41, 5.74) is 2.51. The molecule has 26 heavy (non-hydrogen) atoms. The lowest BCUT2D eigenvalue weighted by Gasteiger charge is -2.15. The summed E-state index contributed by atoms with van der Waals surface area (Å²) in [7, 11) is 0. The summed E-state index contributed by atoms with van der Waals surface area (Å²) in [5.74, 6) is -0.399. The molecule has 0 radical (unpaired) electrons. The van der Waals surface area contributed by atoms with Crippen molar-refractivity contribution in [3.8, 4) is 17.2 Å². The Hall–Kier alpha value is -3.47. The van der Waals surface area contributed by atoms with Gasteiger partial charge in [0.1, 0.15) is 23.5 Å². The number of carbonyl (C=O) groups excluding carboxylic acids is 1. The molecule has 0 aliphatic heterocycles. The second kappa shape index (κ2) is 7.61. The number of aromatic hydroxyl groups is 3. The van der Waals surface area contributed by atoms with Gasteiger partial charge in [0.15, 0.2) is 0 Å². The van der Waals surface area contributed by atoms with Crippen LogP contribution >= 0.6 is 0 Å². The molecule has 1 atom stereocenters. The molecule has 0 saturated heterocycles. The van der Waals surface area contributed by atoms with Crippen LogP contribution in [0.1, 0.15) is 22.6 Å². The van der Waals surface area contributed by atoms with Crippen molar-refractivity contribution < 1.29 is 20.1 Å². The number of phenolic OH excluding ortho intramolecular Hbond substituents is 3. The fourth-order valence-electron chi connectivity index (χ4n) is 2.82. The lowest BCUT2D eigenvalue weighted by Crippen LogP contribution is -2.05. The smallest absolute Gasteiger partial charge is 0.131 e. The van der Waals surface area contributed by atoms with Gasteiger partial charge in [-0.1, -0.05) is 30.3 Å². The molecule has 0 saturated carbocycles. The largest absolute Gasteiger partial charge is 0.508 e. The highest BCUT2D eigenvalue weighted by Crippen LogP contribution is 2.32. The fourth-order valence-corrected chi connectivity index (χ4v) is 2.82. The van der Waals surface area contributed by atoms with Gasteiger partial charge in [0.25, 0.3) is 0 Å². The van der Waals surface area contributed by atoms with Crippen molar-refractivity contribution >= 4 is 12.0 Å². The minimum absolute atomic E-state index is 0.0386. The van der Waals surface area contributed by atoms with Crippen molar-refractivity contribution in [2.45, 2.75) is 12.5 Å². The van der Waals surface area contributed by atoms with Crippen molar-refractivity contribution in [2.75, 3.05) is 5.32 Å². The van der Waals surface area contributed by atoms with Crippen LogP contribution in [0.3, 0.4) is 0 Å². The summed E-state index contributed by atoms with van der Waals surface area (Å²) >= 11 is 0. The number of hydrogen-bond acceptors (Lipinski definition) is 5. The molecule has 3 rings (SSSR count). The average molecular weight is 349 g/mol. The van der Waals surface area contributed by atoms with Gasteiger partial charge in [0, 0.05) is 23.4 Å². The summed E-state index contributed by atoms with van der Waals surface area (Å²) < 4.78 is 0. The van der Waals surface area contributed by atoms with Crippen molar-refractivity contribution in [1.29, 1.82) is 0 Å². The monoisotopic (exact) mass is 349 g/mol. The maximum absolute atomic E-state index is 11.6. The summed E-state index contributed by atoms with van der Waals surface area (Å²) in [6, 6.07) is 18.5. The molecule has 1 unspecified atom stereocenters. The Bertz CT molecular complexity index is 909. The first-order valence-electron chi connectivity index (χ1n) is 8.16. The third-order valence-corrected chi connectivity index (χ3v) is 4.20. The molecule has 0 spiro atoms. The molecule has 4 N–H and O–H groups in total. The van der Waals surface area contributed by atoms with Crippen molar-refractivity contribution in [3.63, 3.8) is 0 Å². The van der Waals surface area contributed by atoms with Crippen LogP contribution in [-0.2, 0) is 11.3 Å². The molecule has 0 fully saturated rings. The second-order valence-corrected chi connectivity index (χ2v) is 5.96. The first-order valence-corrected chi connectivity index (χ1v) is 8.16. The van der Waals surface area contributed by atoms with Gasteiger partial charge >= 0.3 is 0 Å². The predicted octanol–water partition coefficient (Wildman–Crippen LogP) is 3.75. The quantitative estimate of drug-likeness (QED) is 0.402. The number of nitrogens with one attached hydrogen (secondary N) is 1. The molecule has 3 aromatic carbocycles. The maximum Gasteiger partial charge on any atom is 0.131 e. The number of rotatable bonds is 6. The number of carbonyl (C=O) groups is 1. The summed E-state index contributed by atoms with van der Waals surface area (Å²) in [6.07, 6.45) is 0.801. The Morgan fingerprint density at radius 2 is 1.62 bits per heavy atom. The van der Waals surface area contributed by atoms with Crippen LogP contribution in [0.5, 0.6) is 17.2 Å². The van der Waals surface area contributed by atoms with E-state index in [1.807, 2.05) is 30.3 Å². The minimum atomic E-state index is -0.577. The number of benzene rings is 3. The van der Waals surface area contributed by atoms with Gasteiger partial charge in [-0.05, 0) is 42.0 Å². The van der Waals surface area contributed by atoms with E-state index in [1.54, 1.807) is 12.1 Å². The van der Waals surface area contributed by atoms with Gasteiger partial charge in [-0.15, -0.1) is 0 Å². The molecular weight excluding hydrogens is 330 g/mol. The number of hydrogen-bond donors (Lipinski definition) is 4. The Morgan fingerprint density at radius 3 is 2.35 bits per heavy atom.